The molecule has 1 heterocycles. The molecule has 21 heavy (non-hydrogen) atoms. The predicted octanol–water partition coefficient (Wildman–Crippen LogP) is 4.64. The van der Waals surface area contributed by atoms with E-state index in [1.165, 1.54) is 6.33 Å². The normalized spacial score (nSPS) is 10.6. The number of aromatic nitrogens is 2. The van der Waals surface area contributed by atoms with E-state index in [9.17, 15) is 0 Å². The fourth-order valence-corrected chi connectivity index (χ4v) is 2.70. The van der Waals surface area contributed by atoms with E-state index in [4.69, 9.17) is 16.3 Å². The number of rotatable bonds is 3. The van der Waals surface area contributed by atoms with Gasteiger partial charge in [0, 0.05) is 14.0 Å². The van der Waals surface area contributed by atoms with Gasteiger partial charge in [0.25, 0.3) is 0 Å². The van der Waals surface area contributed by atoms with Crippen LogP contribution in [-0.4, -0.2) is 17.1 Å². The Morgan fingerprint density at radius 1 is 1.14 bits per heavy atom. The molecule has 0 aliphatic carbocycles. The number of nitrogens with zero attached hydrogens (tertiary/aromatic N) is 2. The van der Waals surface area contributed by atoms with Crippen LogP contribution in [-0.2, 0) is 0 Å². The highest BCUT2D eigenvalue weighted by atomic mass is 127. The molecule has 106 valence electrons. The molecule has 0 saturated heterocycles. The molecule has 0 saturated carbocycles. The van der Waals surface area contributed by atoms with Crippen LogP contribution in [0.1, 0.15) is 0 Å². The summed E-state index contributed by atoms with van der Waals surface area (Å²) in [6.45, 7) is 0. The Hall–Kier alpha value is -1.60. The minimum atomic E-state index is 0.631. The van der Waals surface area contributed by atoms with E-state index in [-0.39, 0.29) is 0 Å². The van der Waals surface area contributed by atoms with Crippen LogP contribution in [0.3, 0.4) is 0 Å². The maximum absolute atomic E-state index is 6.05. The van der Waals surface area contributed by atoms with Gasteiger partial charge in [-0.15, -0.1) is 0 Å². The molecule has 0 atom stereocenters. The van der Waals surface area contributed by atoms with Crippen molar-refractivity contribution >= 4 is 56.6 Å². The fraction of sp³-hybridized carbons (Fsp3) is 0.0667. The van der Waals surface area contributed by atoms with Gasteiger partial charge in [0.2, 0.25) is 0 Å². The number of fused-ring (bicyclic) bond motifs is 1. The zero-order chi connectivity index (χ0) is 14.8. The summed E-state index contributed by atoms with van der Waals surface area (Å²) in [6, 6.07) is 11.4. The largest absolute Gasteiger partial charge is 0.495 e. The number of hydrogen-bond donors (Lipinski definition) is 1. The summed E-state index contributed by atoms with van der Waals surface area (Å²) in [4.78, 5) is 8.60. The summed E-state index contributed by atoms with van der Waals surface area (Å²) in [6.07, 6.45) is 1.54. The number of hydrogen-bond acceptors (Lipinski definition) is 4. The summed E-state index contributed by atoms with van der Waals surface area (Å²) in [5.41, 5.74) is 1.65. The standard InChI is InChI=1S/C15H11ClIN3O/c1-21-14-5-2-9(16)6-13(14)20-15-11-7-10(17)3-4-12(11)18-8-19-15/h2-8H,1H3,(H,18,19,20). The van der Waals surface area contributed by atoms with E-state index < -0.39 is 0 Å². The summed E-state index contributed by atoms with van der Waals surface area (Å²) in [5, 5.41) is 4.85. The summed E-state index contributed by atoms with van der Waals surface area (Å²) >= 11 is 8.32. The van der Waals surface area contributed by atoms with Crippen molar-refractivity contribution in [1.82, 2.24) is 9.97 Å². The third-order valence-corrected chi connectivity index (χ3v) is 3.92. The van der Waals surface area contributed by atoms with Crippen molar-refractivity contribution in [2.24, 2.45) is 0 Å². The number of ether oxygens (including phenoxy) is 1. The molecule has 3 aromatic rings. The summed E-state index contributed by atoms with van der Waals surface area (Å²) < 4.78 is 6.46. The van der Waals surface area contributed by atoms with Crippen molar-refractivity contribution in [2.45, 2.75) is 0 Å². The average molecular weight is 412 g/mol. The van der Waals surface area contributed by atoms with E-state index in [2.05, 4.69) is 37.9 Å². The first-order chi connectivity index (χ1) is 10.2. The molecule has 0 spiro atoms. The van der Waals surface area contributed by atoms with Gasteiger partial charge in [0.05, 0.1) is 18.3 Å². The lowest BCUT2D eigenvalue weighted by Crippen LogP contribution is -1.98. The number of benzene rings is 2. The van der Waals surface area contributed by atoms with Crippen molar-refractivity contribution in [1.29, 1.82) is 0 Å². The van der Waals surface area contributed by atoms with Crippen LogP contribution in [0, 0.1) is 3.57 Å². The quantitative estimate of drug-likeness (QED) is 0.638. The van der Waals surface area contributed by atoms with Crippen LogP contribution < -0.4 is 10.1 Å². The predicted molar refractivity (Wildman–Crippen MR) is 93.5 cm³/mol. The zero-order valence-electron chi connectivity index (χ0n) is 11.1. The van der Waals surface area contributed by atoms with Crippen LogP contribution >= 0.6 is 34.2 Å². The molecular weight excluding hydrogens is 401 g/mol. The monoisotopic (exact) mass is 411 g/mol. The molecule has 3 rings (SSSR count). The second kappa shape index (κ2) is 6.03. The number of nitrogens with one attached hydrogen (secondary N) is 1. The van der Waals surface area contributed by atoms with Gasteiger partial charge in [-0.1, -0.05) is 11.6 Å². The van der Waals surface area contributed by atoms with Crippen molar-refractivity contribution in [3.05, 3.63) is 51.3 Å². The molecule has 0 aliphatic rings. The zero-order valence-corrected chi connectivity index (χ0v) is 14.0. The van der Waals surface area contributed by atoms with E-state index >= 15 is 0 Å². The lowest BCUT2D eigenvalue weighted by molar-refractivity contribution is 0.417. The van der Waals surface area contributed by atoms with Crippen LogP contribution in [0.15, 0.2) is 42.7 Å². The Bertz CT molecular complexity index is 810. The summed E-state index contributed by atoms with van der Waals surface area (Å²) in [7, 11) is 1.62. The molecule has 0 aliphatic heterocycles. The molecule has 1 N–H and O–H groups in total. The Morgan fingerprint density at radius 3 is 2.81 bits per heavy atom. The smallest absolute Gasteiger partial charge is 0.142 e. The number of anilines is 2. The maximum Gasteiger partial charge on any atom is 0.142 e. The van der Waals surface area contributed by atoms with Gasteiger partial charge in [0.15, 0.2) is 0 Å². The first-order valence-corrected chi connectivity index (χ1v) is 7.64. The lowest BCUT2D eigenvalue weighted by atomic mass is 10.2. The highest BCUT2D eigenvalue weighted by Crippen LogP contribution is 2.32. The highest BCUT2D eigenvalue weighted by Gasteiger charge is 2.09. The van der Waals surface area contributed by atoms with Crippen LogP contribution in [0.4, 0.5) is 11.5 Å². The average Bonchev–Trinajstić information content (AvgIpc) is 2.48. The van der Waals surface area contributed by atoms with E-state index in [0.717, 1.165) is 26.0 Å². The first kappa shape index (κ1) is 14.3. The number of methoxy groups -OCH3 is 1. The molecule has 0 amide bonds. The third-order valence-electron chi connectivity index (χ3n) is 3.01. The second-order valence-corrected chi connectivity index (χ2v) is 6.04. The Morgan fingerprint density at radius 2 is 2.00 bits per heavy atom. The molecule has 1 aromatic heterocycles. The molecule has 0 unspecified atom stereocenters. The molecule has 0 fully saturated rings. The molecule has 4 nitrogen and oxygen atoms in total. The van der Waals surface area contributed by atoms with E-state index in [0.29, 0.717) is 10.8 Å². The van der Waals surface area contributed by atoms with Gasteiger partial charge >= 0.3 is 0 Å². The van der Waals surface area contributed by atoms with Crippen molar-refractivity contribution in [3.8, 4) is 5.75 Å². The van der Waals surface area contributed by atoms with Gasteiger partial charge in [0.1, 0.15) is 17.9 Å². The molecule has 2 aromatic carbocycles. The van der Waals surface area contributed by atoms with Gasteiger partial charge in [-0.25, -0.2) is 9.97 Å². The Kier molecular flexibility index (Phi) is 4.12. The van der Waals surface area contributed by atoms with E-state index in [1.807, 2.05) is 30.3 Å². The van der Waals surface area contributed by atoms with Crippen molar-refractivity contribution in [2.75, 3.05) is 12.4 Å². The highest BCUT2D eigenvalue weighted by molar-refractivity contribution is 14.1. The van der Waals surface area contributed by atoms with Crippen molar-refractivity contribution in [3.63, 3.8) is 0 Å². The molecule has 0 radical (unpaired) electrons. The van der Waals surface area contributed by atoms with Gasteiger partial charge in [-0.3, -0.25) is 0 Å². The lowest BCUT2D eigenvalue weighted by Gasteiger charge is -2.12. The third kappa shape index (κ3) is 3.03. The SMILES string of the molecule is COc1ccc(Cl)cc1Nc1ncnc2ccc(I)cc12. The van der Waals surface area contributed by atoms with Crippen LogP contribution in [0.5, 0.6) is 5.75 Å². The van der Waals surface area contributed by atoms with E-state index in [1.54, 1.807) is 13.2 Å². The van der Waals surface area contributed by atoms with Gasteiger partial charge in [-0.2, -0.15) is 0 Å². The second-order valence-electron chi connectivity index (χ2n) is 4.35. The van der Waals surface area contributed by atoms with Gasteiger partial charge < -0.3 is 10.1 Å². The number of halogens is 2. The van der Waals surface area contributed by atoms with Gasteiger partial charge in [-0.05, 0) is 59.0 Å². The maximum atomic E-state index is 6.05. The molecular formula is C15H11ClIN3O. The minimum Gasteiger partial charge on any atom is -0.495 e. The topological polar surface area (TPSA) is 47.0 Å². The molecule has 6 heteroatoms. The fourth-order valence-electron chi connectivity index (χ4n) is 2.03. The summed E-state index contributed by atoms with van der Waals surface area (Å²) in [5.74, 6) is 1.43. The Balaban J connectivity index is 2.10. The molecule has 0 bridgehead atoms. The van der Waals surface area contributed by atoms with Crippen LogP contribution in [0.2, 0.25) is 5.02 Å². The van der Waals surface area contributed by atoms with Crippen LogP contribution in [0.25, 0.3) is 10.9 Å². The minimum absolute atomic E-state index is 0.631. The van der Waals surface area contributed by atoms with Crippen molar-refractivity contribution < 1.29 is 4.74 Å². The first-order valence-electron chi connectivity index (χ1n) is 6.18. The Labute approximate surface area is 140 Å².